The summed E-state index contributed by atoms with van der Waals surface area (Å²) >= 11 is 5.89. The van der Waals surface area contributed by atoms with Crippen molar-refractivity contribution in [2.45, 2.75) is 32.9 Å². The predicted octanol–water partition coefficient (Wildman–Crippen LogP) is 2.89. The van der Waals surface area contributed by atoms with Crippen LogP contribution in [0.4, 0.5) is 4.39 Å². The molecule has 3 N–H and O–H groups in total. The first-order valence-corrected chi connectivity index (χ1v) is 5.50. The number of aliphatic hydroxyl groups is 1. The molecule has 16 heavy (non-hydrogen) atoms. The van der Waals surface area contributed by atoms with Crippen molar-refractivity contribution >= 4 is 11.6 Å². The van der Waals surface area contributed by atoms with Crippen LogP contribution < -0.4 is 5.73 Å². The van der Waals surface area contributed by atoms with Crippen LogP contribution in [-0.4, -0.2) is 11.2 Å². The Morgan fingerprint density at radius 2 is 1.94 bits per heavy atom. The SMILES string of the molecule is CC(C)(C)[C@@H](O)[C@@H](N)c1ccc(F)cc1Cl. The van der Waals surface area contributed by atoms with E-state index in [1.54, 1.807) is 0 Å². The van der Waals surface area contributed by atoms with Crippen molar-refractivity contribution in [3.05, 3.63) is 34.6 Å². The molecule has 0 fully saturated rings. The van der Waals surface area contributed by atoms with Crippen molar-refractivity contribution in [2.24, 2.45) is 11.1 Å². The second-order valence-corrected chi connectivity index (χ2v) is 5.41. The highest BCUT2D eigenvalue weighted by Crippen LogP contribution is 2.32. The third-order valence-corrected chi connectivity index (χ3v) is 2.88. The maximum absolute atomic E-state index is 12.9. The van der Waals surface area contributed by atoms with Gasteiger partial charge in [-0.15, -0.1) is 0 Å². The second kappa shape index (κ2) is 4.70. The van der Waals surface area contributed by atoms with Gasteiger partial charge < -0.3 is 10.8 Å². The molecule has 0 aliphatic carbocycles. The molecular formula is C12H17ClFNO. The molecule has 1 aromatic rings. The summed E-state index contributed by atoms with van der Waals surface area (Å²) in [6, 6.07) is 3.38. The normalized spacial score (nSPS) is 15.9. The minimum atomic E-state index is -0.740. The molecule has 0 spiro atoms. The molecule has 0 saturated carbocycles. The van der Waals surface area contributed by atoms with Gasteiger partial charge in [-0.3, -0.25) is 0 Å². The first-order chi connectivity index (χ1) is 7.23. The second-order valence-electron chi connectivity index (χ2n) is 5.00. The van der Waals surface area contributed by atoms with Gasteiger partial charge in [0.1, 0.15) is 5.82 Å². The molecular weight excluding hydrogens is 229 g/mol. The van der Waals surface area contributed by atoms with Gasteiger partial charge in [0, 0.05) is 5.02 Å². The van der Waals surface area contributed by atoms with Crippen LogP contribution in [0, 0.1) is 11.2 Å². The van der Waals surface area contributed by atoms with Gasteiger partial charge in [0.25, 0.3) is 0 Å². The molecule has 0 radical (unpaired) electrons. The largest absolute Gasteiger partial charge is 0.391 e. The van der Waals surface area contributed by atoms with Crippen molar-refractivity contribution in [2.75, 3.05) is 0 Å². The molecule has 2 atom stereocenters. The zero-order valence-electron chi connectivity index (χ0n) is 9.67. The van der Waals surface area contributed by atoms with E-state index < -0.39 is 18.0 Å². The molecule has 0 aliphatic rings. The highest BCUT2D eigenvalue weighted by molar-refractivity contribution is 6.31. The van der Waals surface area contributed by atoms with Crippen LogP contribution in [-0.2, 0) is 0 Å². The zero-order valence-corrected chi connectivity index (χ0v) is 10.4. The van der Waals surface area contributed by atoms with E-state index in [9.17, 15) is 9.50 Å². The van der Waals surface area contributed by atoms with E-state index in [2.05, 4.69) is 0 Å². The Labute approximate surface area is 100 Å². The van der Waals surface area contributed by atoms with Crippen LogP contribution in [0.2, 0.25) is 5.02 Å². The highest BCUT2D eigenvalue weighted by Gasteiger charge is 2.30. The molecule has 0 amide bonds. The maximum atomic E-state index is 12.9. The fourth-order valence-corrected chi connectivity index (χ4v) is 1.77. The van der Waals surface area contributed by atoms with Gasteiger partial charge in [0.15, 0.2) is 0 Å². The minimum absolute atomic E-state index is 0.246. The number of nitrogens with two attached hydrogens (primary N) is 1. The molecule has 4 heteroatoms. The van der Waals surface area contributed by atoms with E-state index in [0.717, 1.165) is 0 Å². The molecule has 90 valence electrons. The van der Waals surface area contributed by atoms with E-state index in [4.69, 9.17) is 17.3 Å². The molecule has 1 aromatic carbocycles. The van der Waals surface area contributed by atoms with E-state index >= 15 is 0 Å². The first kappa shape index (κ1) is 13.4. The van der Waals surface area contributed by atoms with Crippen molar-refractivity contribution in [1.29, 1.82) is 0 Å². The summed E-state index contributed by atoms with van der Waals surface area (Å²) in [5.74, 6) is -0.411. The van der Waals surface area contributed by atoms with E-state index in [1.165, 1.54) is 18.2 Å². The Balaban J connectivity index is 3.01. The lowest BCUT2D eigenvalue weighted by Crippen LogP contribution is -2.37. The molecule has 0 aromatic heterocycles. The Hall–Kier alpha value is -0.640. The van der Waals surface area contributed by atoms with Gasteiger partial charge in [-0.1, -0.05) is 38.4 Å². The first-order valence-electron chi connectivity index (χ1n) is 5.12. The Kier molecular flexibility index (Phi) is 3.94. The Bertz CT molecular complexity index is 376. The molecule has 0 unspecified atom stereocenters. The molecule has 1 rings (SSSR count). The highest BCUT2D eigenvalue weighted by atomic mass is 35.5. The van der Waals surface area contributed by atoms with Gasteiger partial charge in [-0.2, -0.15) is 0 Å². The summed E-state index contributed by atoms with van der Waals surface area (Å²) in [5.41, 5.74) is 6.13. The predicted molar refractivity (Wildman–Crippen MR) is 63.8 cm³/mol. The minimum Gasteiger partial charge on any atom is -0.391 e. The Morgan fingerprint density at radius 3 is 2.38 bits per heavy atom. The summed E-state index contributed by atoms with van der Waals surface area (Å²) in [5, 5.41) is 10.3. The average molecular weight is 246 g/mol. The number of hydrogen-bond acceptors (Lipinski definition) is 2. The van der Waals surface area contributed by atoms with Crippen molar-refractivity contribution < 1.29 is 9.50 Å². The van der Waals surface area contributed by atoms with Gasteiger partial charge >= 0.3 is 0 Å². The lowest BCUT2D eigenvalue weighted by molar-refractivity contribution is 0.0401. The number of benzene rings is 1. The van der Waals surface area contributed by atoms with Gasteiger partial charge in [0.05, 0.1) is 12.1 Å². The molecule has 0 heterocycles. The monoisotopic (exact) mass is 245 g/mol. The molecule has 0 bridgehead atoms. The lowest BCUT2D eigenvalue weighted by atomic mass is 9.82. The van der Waals surface area contributed by atoms with Gasteiger partial charge in [0.2, 0.25) is 0 Å². The number of rotatable bonds is 2. The third-order valence-electron chi connectivity index (χ3n) is 2.55. The molecule has 0 aliphatic heterocycles. The third kappa shape index (κ3) is 2.94. The number of hydrogen-bond donors (Lipinski definition) is 2. The smallest absolute Gasteiger partial charge is 0.124 e. The fraction of sp³-hybridized carbons (Fsp3) is 0.500. The Morgan fingerprint density at radius 1 is 1.38 bits per heavy atom. The van der Waals surface area contributed by atoms with Crippen LogP contribution in [0.25, 0.3) is 0 Å². The lowest BCUT2D eigenvalue weighted by Gasteiger charge is -2.31. The average Bonchev–Trinajstić information content (AvgIpc) is 2.14. The van der Waals surface area contributed by atoms with Crippen LogP contribution in [0.3, 0.4) is 0 Å². The van der Waals surface area contributed by atoms with Crippen LogP contribution >= 0.6 is 11.6 Å². The van der Waals surface area contributed by atoms with Gasteiger partial charge in [-0.05, 0) is 23.1 Å². The van der Waals surface area contributed by atoms with Crippen LogP contribution in [0.1, 0.15) is 32.4 Å². The van der Waals surface area contributed by atoms with E-state index in [1.807, 2.05) is 20.8 Å². The summed E-state index contributed by atoms with van der Waals surface area (Å²) in [6.45, 7) is 5.65. The van der Waals surface area contributed by atoms with E-state index in [0.29, 0.717) is 5.56 Å². The summed E-state index contributed by atoms with van der Waals surface area (Å²) in [7, 11) is 0. The molecule has 0 saturated heterocycles. The molecule has 2 nitrogen and oxygen atoms in total. The van der Waals surface area contributed by atoms with E-state index in [-0.39, 0.29) is 10.4 Å². The summed E-state index contributed by atoms with van der Waals surface area (Å²) in [4.78, 5) is 0. The maximum Gasteiger partial charge on any atom is 0.124 e. The van der Waals surface area contributed by atoms with Crippen molar-refractivity contribution in [3.8, 4) is 0 Å². The topological polar surface area (TPSA) is 46.2 Å². The summed E-state index contributed by atoms with van der Waals surface area (Å²) in [6.07, 6.45) is -0.740. The quantitative estimate of drug-likeness (QED) is 0.842. The van der Waals surface area contributed by atoms with Gasteiger partial charge in [-0.25, -0.2) is 4.39 Å². The van der Waals surface area contributed by atoms with Crippen molar-refractivity contribution in [3.63, 3.8) is 0 Å². The number of halogens is 2. The standard InChI is InChI=1S/C12H17ClFNO/c1-12(2,3)11(16)10(15)8-5-4-7(14)6-9(8)13/h4-6,10-11,16H,15H2,1-3H3/t10-,11-/m0/s1. The van der Waals surface area contributed by atoms with Crippen LogP contribution in [0.5, 0.6) is 0 Å². The zero-order chi connectivity index (χ0) is 12.5. The fourth-order valence-electron chi connectivity index (χ4n) is 1.48. The van der Waals surface area contributed by atoms with Crippen molar-refractivity contribution in [1.82, 2.24) is 0 Å². The summed E-state index contributed by atoms with van der Waals surface area (Å²) < 4.78 is 12.9. The van der Waals surface area contributed by atoms with Crippen LogP contribution in [0.15, 0.2) is 18.2 Å². The number of aliphatic hydroxyl groups excluding tert-OH is 1.